The van der Waals surface area contributed by atoms with Crippen LogP contribution < -0.4 is 0 Å². The summed E-state index contributed by atoms with van der Waals surface area (Å²) in [6, 6.07) is 3.80. The molecule has 0 aromatic heterocycles. The Morgan fingerprint density at radius 2 is 2.22 bits per heavy atom. The van der Waals surface area contributed by atoms with Crippen molar-refractivity contribution in [2.75, 3.05) is 13.1 Å². The highest BCUT2D eigenvalue weighted by atomic mass is 35.5. The summed E-state index contributed by atoms with van der Waals surface area (Å²) in [6.45, 7) is 0.258. The van der Waals surface area contributed by atoms with E-state index in [1.165, 1.54) is 16.4 Å². The van der Waals surface area contributed by atoms with Crippen LogP contribution in [0.25, 0.3) is 0 Å². The van der Waals surface area contributed by atoms with Crippen molar-refractivity contribution in [1.29, 1.82) is 0 Å². The van der Waals surface area contributed by atoms with Crippen LogP contribution in [0.15, 0.2) is 18.2 Å². The van der Waals surface area contributed by atoms with Crippen LogP contribution in [0, 0.1) is 17.2 Å². The number of halogens is 2. The zero-order chi connectivity index (χ0) is 16.8. The van der Waals surface area contributed by atoms with E-state index in [4.69, 9.17) is 11.6 Å². The molecule has 1 aliphatic carbocycles. The SMILES string of the molecule is O=C(O)[C@@]12CCC[C@H]1CN(S(=O)(=O)Cc1ccc(F)c(Cl)c1)C2. The molecule has 1 heterocycles. The van der Waals surface area contributed by atoms with Crippen molar-refractivity contribution in [2.24, 2.45) is 11.3 Å². The van der Waals surface area contributed by atoms with Gasteiger partial charge in [0.1, 0.15) is 5.82 Å². The van der Waals surface area contributed by atoms with Crippen LogP contribution in [0.4, 0.5) is 4.39 Å². The van der Waals surface area contributed by atoms with Gasteiger partial charge in [-0.1, -0.05) is 24.1 Å². The van der Waals surface area contributed by atoms with E-state index in [9.17, 15) is 22.7 Å². The lowest BCUT2D eigenvalue weighted by atomic mass is 9.81. The highest BCUT2D eigenvalue weighted by Gasteiger charge is 2.56. The summed E-state index contributed by atoms with van der Waals surface area (Å²) in [5.74, 6) is -1.96. The average Bonchev–Trinajstić information content (AvgIpc) is 3.00. The number of carboxylic acid groups (broad SMARTS) is 1. The van der Waals surface area contributed by atoms with Gasteiger partial charge in [0, 0.05) is 13.1 Å². The van der Waals surface area contributed by atoms with Gasteiger partial charge in [-0.15, -0.1) is 0 Å². The van der Waals surface area contributed by atoms with Crippen molar-refractivity contribution in [1.82, 2.24) is 4.31 Å². The zero-order valence-electron chi connectivity index (χ0n) is 12.3. The van der Waals surface area contributed by atoms with Crippen LogP contribution in [-0.4, -0.2) is 36.9 Å². The topological polar surface area (TPSA) is 74.7 Å². The molecule has 0 unspecified atom stereocenters. The molecule has 2 fully saturated rings. The molecule has 1 saturated heterocycles. The Morgan fingerprint density at radius 1 is 1.48 bits per heavy atom. The van der Waals surface area contributed by atoms with Crippen molar-refractivity contribution in [3.63, 3.8) is 0 Å². The number of nitrogens with zero attached hydrogens (tertiary/aromatic N) is 1. The fourth-order valence-corrected chi connectivity index (χ4v) is 5.56. The molecule has 1 aliphatic heterocycles. The molecule has 1 aromatic carbocycles. The smallest absolute Gasteiger partial charge is 0.311 e. The maximum atomic E-state index is 13.2. The summed E-state index contributed by atoms with van der Waals surface area (Å²) in [4.78, 5) is 11.6. The molecule has 1 aromatic rings. The lowest BCUT2D eigenvalue weighted by molar-refractivity contribution is -0.149. The van der Waals surface area contributed by atoms with Crippen molar-refractivity contribution in [2.45, 2.75) is 25.0 Å². The highest BCUT2D eigenvalue weighted by Crippen LogP contribution is 2.49. The Hall–Kier alpha value is -1.18. The van der Waals surface area contributed by atoms with Gasteiger partial charge in [0.2, 0.25) is 10.0 Å². The minimum atomic E-state index is -3.67. The van der Waals surface area contributed by atoms with Gasteiger partial charge in [-0.2, -0.15) is 0 Å². The van der Waals surface area contributed by atoms with Crippen LogP contribution in [-0.2, 0) is 20.6 Å². The third-order valence-corrected chi connectivity index (χ3v) is 7.04. The lowest BCUT2D eigenvalue weighted by Gasteiger charge is -2.23. The number of carboxylic acids is 1. The summed E-state index contributed by atoms with van der Waals surface area (Å²) < 4.78 is 39.6. The van der Waals surface area contributed by atoms with Gasteiger partial charge in [0.25, 0.3) is 0 Å². The second kappa shape index (κ2) is 5.72. The third-order valence-electron chi connectivity index (χ3n) is 4.99. The molecule has 0 bridgehead atoms. The third kappa shape index (κ3) is 2.86. The molecule has 2 atom stereocenters. The predicted molar refractivity (Wildman–Crippen MR) is 83.0 cm³/mol. The number of carbonyl (C=O) groups is 1. The highest BCUT2D eigenvalue weighted by molar-refractivity contribution is 7.88. The van der Waals surface area contributed by atoms with E-state index in [1.807, 2.05) is 0 Å². The Kier molecular flexibility index (Phi) is 4.14. The fourth-order valence-electron chi connectivity index (χ4n) is 3.74. The Labute approximate surface area is 139 Å². The monoisotopic (exact) mass is 361 g/mol. The molecular formula is C15H17ClFNO4S. The Bertz CT molecular complexity index is 754. The number of aliphatic carboxylic acids is 1. The molecule has 0 spiro atoms. The second-order valence-electron chi connectivity index (χ2n) is 6.35. The molecule has 23 heavy (non-hydrogen) atoms. The lowest BCUT2D eigenvalue weighted by Crippen LogP contribution is -2.37. The van der Waals surface area contributed by atoms with E-state index < -0.39 is 27.2 Å². The summed E-state index contributed by atoms with van der Waals surface area (Å²) in [5.41, 5.74) is -0.564. The van der Waals surface area contributed by atoms with E-state index in [2.05, 4.69) is 0 Å². The molecule has 126 valence electrons. The molecule has 2 aliphatic rings. The van der Waals surface area contributed by atoms with Gasteiger partial charge in [0.05, 0.1) is 16.2 Å². The fraction of sp³-hybridized carbons (Fsp3) is 0.533. The number of sulfonamides is 1. The van der Waals surface area contributed by atoms with Crippen LogP contribution >= 0.6 is 11.6 Å². The summed E-state index contributed by atoms with van der Waals surface area (Å²) in [6.07, 6.45) is 2.07. The van der Waals surface area contributed by atoms with Crippen LogP contribution in [0.3, 0.4) is 0 Å². The number of hydrogen-bond acceptors (Lipinski definition) is 3. The van der Waals surface area contributed by atoms with Gasteiger partial charge >= 0.3 is 5.97 Å². The minimum Gasteiger partial charge on any atom is -0.481 e. The van der Waals surface area contributed by atoms with Gasteiger partial charge in [-0.25, -0.2) is 17.1 Å². The molecular weight excluding hydrogens is 345 g/mol. The van der Waals surface area contributed by atoms with E-state index in [0.717, 1.165) is 18.9 Å². The minimum absolute atomic E-state index is 0.0181. The van der Waals surface area contributed by atoms with E-state index in [1.54, 1.807) is 0 Å². The second-order valence-corrected chi connectivity index (χ2v) is 8.72. The molecule has 5 nitrogen and oxygen atoms in total. The largest absolute Gasteiger partial charge is 0.481 e. The molecule has 1 N–H and O–H groups in total. The molecule has 3 rings (SSSR count). The van der Waals surface area contributed by atoms with Crippen LogP contribution in [0.2, 0.25) is 5.02 Å². The van der Waals surface area contributed by atoms with Crippen molar-refractivity contribution < 1.29 is 22.7 Å². The number of benzene rings is 1. The molecule has 0 radical (unpaired) electrons. The van der Waals surface area contributed by atoms with Gasteiger partial charge < -0.3 is 5.11 Å². The van der Waals surface area contributed by atoms with Gasteiger partial charge in [-0.3, -0.25) is 4.79 Å². The first-order chi connectivity index (χ1) is 10.7. The van der Waals surface area contributed by atoms with E-state index >= 15 is 0 Å². The Balaban J connectivity index is 1.81. The molecule has 8 heteroatoms. The maximum Gasteiger partial charge on any atom is 0.311 e. The number of fused-ring (bicyclic) bond motifs is 1. The first-order valence-electron chi connectivity index (χ1n) is 7.40. The molecule has 0 amide bonds. The van der Waals surface area contributed by atoms with Crippen LogP contribution in [0.5, 0.6) is 0 Å². The van der Waals surface area contributed by atoms with Crippen LogP contribution in [0.1, 0.15) is 24.8 Å². The van der Waals surface area contributed by atoms with Crippen molar-refractivity contribution in [3.05, 3.63) is 34.6 Å². The first-order valence-corrected chi connectivity index (χ1v) is 9.38. The summed E-state index contributed by atoms with van der Waals surface area (Å²) >= 11 is 5.68. The van der Waals surface area contributed by atoms with Crippen molar-refractivity contribution in [3.8, 4) is 0 Å². The summed E-state index contributed by atoms with van der Waals surface area (Å²) in [5, 5.41) is 9.41. The average molecular weight is 362 g/mol. The Morgan fingerprint density at radius 3 is 2.83 bits per heavy atom. The maximum absolute atomic E-state index is 13.2. The van der Waals surface area contributed by atoms with Gasteiger partial charge in [-0.05, 0) is 36.5 Å². The molecule has 1 saturated carbocycles. The predicted octanol–water partition coefficient (Wildman–Crippen LogP) is 2.50. The number of rotatable bonds is 4. The van der Waals surface area contributed by atoms with Gasteiger partial charge in [0.15, 0.2) is 0 Å². The van der Waals surface area contributed by atoms with E-state index in [0.29, 0.717) is 12.0 Å². The quantitative estimate of drug-likeness (QED) is 0.894. The van der Waals surface area contributed by atoms with E-state index in [-0.39, 0.29) is 29.8 Å². The zero-order valence-corrected chi connectivity index (χ0v) is 13.9. The first kappa shape index (κ1) is 16.7. The standard InChI is InChI=1S/C15H17ClFNO4S/c16-12-6-10(3-4-13(12)17)8-23(21,22)18-7-11-2-1-5-15(11,9-18)14(19)20/h3-4,6,11H,1-2,5,7-9H2,(H,19,20)/t11-,15+/m0/s1. The summed E-state index contributed by atoms with van der Waals surface area (Å²) in [7, 11) is -3.67. The number of hydrogen-bond donors (Lipinski definition) is 1. The normalized spacial score (nSPS) is 28.0. The van der Waals surface area contributed by atoms with Crippen molar-refractivity contribution >= 4 is 27.6 Å².